The summed E-state index contributed by atoms with van der Waals surface area (Å²) in [5, 5.41) is 3.67. The third-order valence-electron chi connectivity index (χ3n) is 5.90. The number of carbonyl (C=O) groups excluding carboxylic acids is 2. The molecule has 2 aromatic rings. The van der Waals surface area contributed by atoms with Gasteiger partial charge in [0, 0.05) is 37.4 Å². The van der Waals surface area contributed by atoms with Crippen molar-refractivity contribution >= 4 is 23.4 Å². The van der Waals surface area contributed by atoms with Crippen molar-refractivity contribution in [3.8, 4) is 11.5 Å². The fraction of sp³-hybridized carbons (Fsp3) is 0.391. The van der Waals surface area contributed by atoms with E-state index in [9.17, 15) is 9.59 Å². The molecule has 30 heavy (non-hydrogen) atoms. The molecule has 0 saturated carbocycles. The summed E-state index contributed by atoms with van der Waals surface area (Å²) in [7, 11) is 1.57. The molecular formula is C23H25ClN2O4. The molecule has 158 valence electrons. The number of ether oxygens (including phenoxy) is 2. The van der Waals surface area contributed by atoms with E-state index in [-0.39, 0.29) is 11.8 Å². The van der Waals surface area contributed by atoms with Crippen LogP contribution in [-0.4, -0.2) is 49.1 Å². The smallest absolute Gasteiger partial charge is 0.255 e. The molecule has 1 spiro atoms. The van der Waals surface area contributed by atoms with E-state index in [2.05, 4.69) is 5.32 Å². The van der Waals surface area contributed by atoms with Crippen molar-refractivity contribution < 1.29 is 19.1 Å². The zero-order chi connectivity index (χ0) is 21.1. The number of fused-ring (bicyclic) bond motifs is 1. The minimum absolute atomic E-state index is 0.141. The minimum atomic E-state index is -0.498. The number of benzene rings is 2. The second kappa shape index (κ2) is 8.56. The van der Waals surface area contributed by atoms with Gasteiger partial charge in [0.1, 0.15) is 17.1 Å². The van der Waals surface area contributed by atoms with Gasteiger partial charge in [-0.05, 0) is 42.3 Å². The predicted molar refractivity (Wildman–Crippen MR) is 114 cm³/mol. The first-order chi connectivity index (χ1) is 14.5. The number of aryl methyl sites for hydroxylation is 1. The topological polar surface area (TPSA) is 67.9 Å². The second-order valence-corrected chi connectivity index (χ2v) is 8.27. The Morgan fingerprint density at radius 3 is 2.63 bits per heavy atom. The lowest BCUT2D eigenvalue weighted by Gasteiger charge is -2.41. The monoisotopic (exact) mass is 428 g/mol. The van der Waals surface area contributed by atoms with Crippen LogP contribution in [0.2, 0.25) is 5.02 Å². The fourth-order valence-electron chi connectivity index (χ4n) is 4.01. The van der Waals surface area contributed by atoms with Gasteiger partial charge in [-0.2, -0.15) is 0 Å². The normalized spacial score (nSPS) is 17.5. The van der Waals surface area contributed by atoms with E-state index in [1.54, 1.807) is 25.3 Å². The predicted octanol–water partition coefficient (Wildman–Crippen LogP) is 3.46. The first-order valence-corrected chi connectivity index (χ1v) is 10.5. The SMILES string of the molecule is COc1ccc2c(c1)C(=O)NCC1(CCN(C(=O)CCc3ccc(Cl)cc3)CC1)O2. The Hall–Kier alpha value is -2.73. The lowest BCUT2D eigenvalue weighted by atomic mass is 9.90. The summed E-state index contributed by atoms with van der Waals surface area (Å²) in [6.45, 7) is 1.65. The van der Waals surface area contributed by atoms with Gasteiger partial charge in [0.05, 0.1) is 19.2 Å². The van der Waals surface area contributed by atoms with E-state index >= 15 is 0 Å². The highest BCUT2D eigenvalue weighted by atomic mass is 35.5. The summed E-state index contributed by atoms with van der Waals surface area (Å²) in [6, 6.07) is 12.9. The Labute approximate surface area is 181 Å². The molecule has 1 N–H and O–H groups in total. The molecule has 2 aliphatic rings. The van der Waals surface area contributed by atoms with Crippen LogP contribution in [0.5, 0.6) is 11.5 Å². The zero-order valence-electron chi connectivity index (χ0n) is 16.9. The maximum Gasteiger partial charge on any atom is 0.255 e. The molecule has 0 atom stereocenters. The third-order valence-corrected chi connectivity index (χ3v) is 6.15. The van der Waals surface area contributed by atoms with Crippen LogP contribution in [0.1, 0.15) is 35.2 Å². The fourth-order valence-corrected chi connectivity index (χ4v) is 4.14. The highest BCUT2D eigenvalue weighted by Gasteiger charge is 2.40. The molecule has 1 saturated heterocycles. The van der Waals surface area contributed by atoms with E-state index in [0.29, 0.717) is 67.4 Å². The number of hydrogen-bond donors (Lipinski definition) is 1. The molecule has 0 radical (unpaired) electrons. The van der Waals surface area contributed by atoms with Gasteiger partial charge in [-0.15, -0.1) is 0 Å². The number of carbonyl (C=O) groups is 2. The molecule has 2 aromatic carbocycles. The number of nitrogens with one attached hydrogen (secondary N) is 1. The largest absolute Gasteiger partial charge is 0.497 e. The van der Waals surface area contributed by atoms with Crippen LogP contribution >= 0.6 is 11.6 Å². The molecule has 2 aliphatic heterocycles. The molecule has 0 bridgehead atoms. The van der Waals surface area contributed by atoms with Crippen LogP contribution in [0.3, 0.4) is 0 Å². The number of rotatable bonds is 4. The summed E-state index contributed by atoms with van der Waals surface area (Å²) < 4.78 is 11.6. The van der Waals surface area contributed by atoms with Crippen LogP contribution in [-0.2, 0) is 11.2 Å². The van der Waals surface area contributed by atoms with Gasteiger partial charge in [0.25, 0.3) is 5.91 Å². The lowest BCUT2D eigenvalue weighted by Crippen LogP contribution is -2.54. The number of nitrogens with zero attached hydrogens (tertiary/aromatic N) is 1. The maximum atomic E-state index is 12.7. The number of amides is 2. The van der Waals surface area contributed by atoms with Gasteiger partial charge >= 0.3 is 0 Å². The number of likely N-dealkylation sites (tertiary alicyclic amines) is 1. The summed E-state index contributed by atoms with van der Waals surface area (Å²) in [5.74, 6) is 1.16. The first kappa shape index (κ1) is 20.5. The highest BCUT2D eigenvalue weighted by Crippen LogP contribution is 2.34. The summed E-state index contributed by atoms with van der Waals surface area (Å²) in [5.41, 5.74) is 1.08. The van der Waals surface area contributed by atoms with Gasteiger partial charge in [-0.1, -0.05) is 23.7 Å². The van der Waals surface area contributed by atoms with Crippen molar-refractivity contribution in [1.82, 2.24) is 10.2 Å². The quantitative estimate of drug-likeness (QED) is 0.809. The van der Waals surface area contributed by atoms with Crippen molar-refractivity contribution in [2.75, 3.05) is 26.7 Å². The van der Waals surface area contributed by atoms with E-state index in [1.807, 2.05) is 29.2 Å². The van der Waals surface area contributed by atoms with Crippen LogP contribution in [0.15, 0.2) is 42.5 Å². The van der Waals surface area contributed by atoms with Crippen molar-refractivity contribution in [2.45, 2.75) is 31.3 Å². The van der Waals surface area contributed by atoms with E-state index in [1.165, 1.54) is 0 Å². The molecule has 0 unspecified atom stereocenters. The van der Waals surface area contributed by atoms with Gasteiger partial charge in [0.15, 0.2) is 0 Å². The zero-order valence-corrected chi connectivity index (χ0v) is 17.7. The van der Waals surface area contributed by atoms with Crippen LogP contribution < -0.4 is 14.8 Å². The number of halogens is 1. The summed E-state index contributed by atoms with van der Waals surface area (Å²) in [4.78, 5) is 27.1. The van der Waals surface area contributed by atoms with Crippen LogP contribution in [0.4, 0.5) is 0 Å². The van der Waals surface area contributed by atoms with Crippen molar-refractivity contribution in [1.29, 1.82) is 0 Å². The average molecular weight is 429 g/mol. The molecule has 7 heteroatoms. The molecule has 6 nitrogen and oxygen atoms in total. The standard InChI is InChI=1S/C23H25ClN2O4/c1-29-18-7-8-20-19(14-18)22(28)25-15-23(30-20)10-12-26(13-11-23)21(27)9-4-16-2-5-17(24)6-3-16/h2-3,5-8,14H,4,9-13,15H2,1H3,(H,25,28). The summed E-state index contributed by atoms with van der Waals surface area (Å²) >= 11 is 5.91. The van der Waals surface area contributed by atoms with Gasteiger partial charge < -0.3 is 19.7 Å². The van der Waals surface area contributed by atoms with E-state index in [0.717, 1.165) is 5.56 Å². The highest BCUT2D eigenvalue weighted by molar-refractivity contribution is 6.30. The molecular weight excluding hydrogens is 404 g/mol. The Morgan fingerprint density at radius 1 is 1.20 bits per heavy atom. The van der Waals surface area contributed by atoms with E-state index < -0.39 is 5.60 Å². The maximum absolute atomic E-state index is 12.7. The van der Waals surface area contributed by atoms with Crippen molar-refractivity contribution in [2.24, 2.45) is 0 Å². The van der Waals surface area contributed by atoms with Gasteiger partial charge in [-0.25, -0.2) is 0 Å². The Morgan fingerprint density at radius 2 is 1.93 bits per heavy atom. The third kappa shape index (κ3) is 4.38. The average Bonchev–Trinajstić information content (AvgIpc) is 2.90. The number of piperidine rings is 1. The minimum Gasteiger partial charge on any atom is -0.497 e. The molecule has 2 amide bonds. The number of methoxy groups -OCH3 is 1. The Balaban J connectivity index is 1.37. The Bertz CT molecular complexity index is 937. The van der Waals surface area contributed by atoms with Crippen molar-refractivity contribution in [3.63, 3.8) is 0 Å². The molecule has 0 aliphatic carbocycles. The van der Waals surface area contributed by atoms with Crippen LogP contribution in [0.25, 0.3) is 0 Å². The summed E-state index contributed by atoms with van der Waals surface area (Å²) in [6.07, 6.45) is 2.51. The number of hydrogen-bond acceptors (Lipinski definition) is 4. The van der Waals surface area contributed by atoms with Crippen LogP contribution in [0, 0.1) is 0 Å². The van der Waals surface area contributed by atoms with Gasteiger partial charge in [0.2, 0.25) is 5.91 Å². The first-order valence-electron chi connectivity index (χ1n) is 10.2. The molecule has 1 fully saturated rings. The molecule has 2 heterocycles. The van der Waals surface area contributed by atoms with Crippen molar-refractivity contribution in [3.05, 3.63) is 58.6 Å². The molecule has 4 rings (SSSR count). The van der Waals surface area contributed by atoms with Gasteiger partial charge in [-0.3, -0.25) is 9.59 Å². The molecule has 0 aromatic heterocycles. The Kier molecular flexibility index (Phi) is 5.86. The van der Waals surface area contributed by atoms with E-state index in [4.69, 9.17) is 21.1 Å². The lowest BCUT2D eigenvalue weighted by molar-refractivity contribution is -0.134. The second-order valence-electron chi connectivity index (χ2n) is 7.84.